The molecule has 1 amide bonds. The van der Waals surface area contributed by atoms with Gasteiger partial charge in [-0.3, -0.25) is 0 Å². The number of nitrogens with zero attached hydrogens (tertiary/aromatic N) is 1. The summed E-state index contributed by atoms with van der Waals surface area (Å²) in [6.07, 6.45) is 2.20. The lowest BCUT2D eigenvalue weighted by atomic mass is 9.81. The fourth-order valence-corrected chi connectivity index (χ4v) is 3.30. The summed E-state index contributed by atoms with van der Waals surface area (Å²) in [7, 11) is 0. The summed E-state index contributed by atoms with van der Waals surface area (Å²) < 4.78 is 11.8. The first-order valence-electron chi connectivity index (χ1n) is 8.22. The Morgan fingerprint density at radius 1 is 1.26 bits per heavy atom. The third-order valence-electron chi connectivity index (χ3n) is 4.46. The molecule has 0 radical (unpaired) electrons. The lowest BCUT2D eigenvalue weighted by molar-refractivity contribution is -0.0179. The lowest BCUT2D eigenvalue weighted by Gasteiger charge is -2.45. The molecule has 0 bridgehead atoms. The van der Waals surface area contributed by atoms with Crippen molar-refractivity contribution < 1.29 is 14.3 Å². The van der Waals surface area contributed by atoms with E-state index in [0.29, 0.717) is 13.1 Å². The van der Waals surface area contributed by atoms with E-state index < -0.39 is 5.60 Å². The average Bonchev–Trinajstić information content (AvgIpc) is 2.46. The number of amides is 1. The Balaban J connectivity index is 1.67. The maximum atomic E-state index is 12.2. The van der Waals surface area contributed by atoms with Crippen molar-refractivity contribution in [2.75, 3.05) is 13.1 Å². The van der Waals surface area contributed by atoms with E-state index in [1.165, 1.54) is 0 Å². The Bertz CT molecular complexity index is 622. The summed E-state index contributed by atoms with van der Waals surface area (Å²) in [6, 6.07) is 8.06. The second kappa shape index (κ2) is 5.59. The van der Waals surface area contributed by atoms with Crippen LogP contribution < -0.4 is 4.74 Å². The van der Waals surface area contributed by atoms with Crippen LogP contribution >= 0.6 is 0 Å². The molecule has 2 aliphatic rings. The van der Waals surface area contributed by atoms with E-state index >= 15 is 0 Å². The summed E-state index contributed by atoms with van der Waals surface area (Å²) in [5.41, 5.74) is 1.54. The number of piperidine rings is 1. The summed E-state index contributed by atoms with van der Waals surface area (Å²) in [6.45, 7) is 11.2. The van der Waals surface area contributed by atoms with Crippen molar-refractivity contribution in [1.82, 2.24) is 4.90 Å². The first-order chi connectivity index (χ1) is 10.8. The SMILES string of the molecule is C=C1CC2(CCN(C(=O)OC(C)(C)C)CC2)Oc2ccccc21. The number of fused-ring (bicyclic) bond motifs is 1. The largest absolute Gasteiger partial charge is 0.486 e. The highest BCUT2D eigenvalue weighted by Crippen LogP contribution is 2.44. The van der Waals surface area contributed by atoms with Crippen molar-refractivity contribution in [3.63, 3.8) is 0 Å². The van der Waals surface area contributed by atoms with Crippen LogP contribution in [0.4, 0.5) is 4.79 Å². The highest BCUT2D eigenvalue weighted by atomic mass is 16.6. The first-order valence-corrected chi connectivity index (χ1v) is 8.22. The van der Waals surface area contributed by atoms with E-state index in [0.717, 1.165) is 36.1 Å². The molecule has 0 unspecified atom stereocenters. The molecule has 1 aromatic rings. The van der Waals surface area contributed by atoms with Crippen molar-refractivity contribution in [2.24, 2.45) is 0 Å². The molecule has 2 aliphatic heterocycles. The average molecular weight is 315 g/mol. The van der Waals surface area contributed by atoms with E-state index in [-0.39, 0.29) is 11.7 Å². The molecule has 0 atom stereocenters. The normalized spacial score (nSPS) is 20.0. The van der Waals surface area contributed by atoms with E-state index in [4.69, 9.17) is 9.47 Å². The molecule has 1 fully saturated rings. The molecule has 1 spiro atoms. The number of hydrogen-bond acceptors (Lipinski definition) is 3. The van der Waals surface area contributed by atoms with E-state index in [9.17, 15) is 4.79 Å². The van der Waals surface area contributed by atoms with Gasteiger partial charge in [-0.2, -0.15) is 0 Å². The molecule has 4 nitrogen and oxygen atoms in total. The van der Waals surface area contributed by atoms with Gasteiger partial charge in [-0.05, 0) is 32.4 Å². The number of carbonyl (C=O) groups is 1. The van der Waals surface area contributed by atoms with Gasteiger partial charge in [0.15, 0.2) is 0 Å². The number of para-hydroxylation sites is 1. The molecule has 0 N–H and O–H groups in total. The third kappa shape index (κ3) is 3.36. The minimum Gasteiger partial charge on any atom is -0.486 e. The van der Waals surface area contributed by atoms with Crippen molar-refractivity contribution in [1.29, 1.82) is 0 Å². The van der Waals surface area contributed by atoms with Crippen molar-refractivity contribution >= 4 is 11.7 Å². The summed E-state index contributed by atoms with van der Waals surface area (Å²) >= 11 is 0. The fourth-order valence-electron chi connectivity index (χ4n) is 3.30. The van der Waals surface area contributed by atoms with Gasteiger partial charge in [0.05, 0.1) is 0 Å². The zero-order valence-corrected chi connectivity index (χ0v) is 14.2. The van der Waals surface area contributed by atoms with Gasteiger partial charge in [0.2, 0.25) is 0 Å². The Labute approximate surface area is 138 Å². The number of ether oxygens (including phenoxy) is 2. The summed E-state index contributed by atoms with van der Waals surface area (Å²) in [4.78, 5) is 14.0. The van der Waals surface area contributed by atoms with Crippen LogP contribution in [0.3, 0.4) is 0 Å². The first kappa shape index (κ1) is 15.9. The van der Waals surface area contributed by atoms with Gasteiger partial charge in [0.25, 0.3) is 0 Å². The second-order valence-electron chi connectivity index (χ2n) is 7.53. The standard InChI is InChI=1S/C19H25NO3/c1-14-13-19(22-16-8-6-5-7-15(14)16)9-11-20(12-10-19)17(21)23-18(2,3)4/h5-8H,1,9-13H2,2-4H3. The van der Waals surface area contributed by atoms with Gasteiger partial charge >= 0.3 is 6.09 Å². The Kier molecular flexibility index (Phi) is 3.86. The fraction of sp³-hybridized carbons (Fsp3) is 0.526. The van der Waals surface area contributed by atoms with Crippen LogP contribution in [0.2, 0.25) is 0 Å². The summed E-state index contributed by atoms with van der Waals surface area (Å²) in [5.74, 6) is 0.912. The molecule has 0 aromatic heterocycles. The maximum Gasteiger partial charge on any atom is 0.410 e. The highest BCUT2D eigenvalue weighted by molar-refractivity contribution is 5.72. The summed E-state index contributed by atoms with van der Waals surface area (Å²) in [5, 5.41) is 0. The van der Waals surface area contributed by atoms with Crippen LogP contribution in [0.5, 0.6) is 5.75 Å². The number of likely N-dealkylation sites (tertiary alicyclic amines) is 1. The lowest BCUT2D eigenvalue weighted by Crippen LogP contribution is -2.51. The van der Waals surface area contributed by atoms with Gasteiger partial charge < -0.3 is 14.4 Å². The van der Waals surface area contributed by atoms with Crippen LogP contribution in [0.1, 0.15) is 45.6 Å². The molecular formula is C19H25NO3. The van der Waals surface area contributed by atoms with Crippen molar-refractivity contribution in [3.05, 3.63) is 36.4 Å². The van der Waals surface area contributed by atoms with Gasteiger partial charge in [0.1, 0.15) is 17.0 Å². The zero-order chi connectivity index (χ0) is 16.7. The van der Waals surface area contributed by atoms with Crippen molar-refractivity contribution in [3.8, 4) is 5.75 Å². The molecule has 0 aliphatic carbocycles. The minimum absolute atomic E-state index is 0.232. The van der Waals surface area contributed by atoms with Crippen LogP contribution in [-0.4, -0.2) is 35.3 Å². The molecule has 0 saturated carbocycles. The van der Waals surface area contributed by atoms with Crippen LogP contribution in [0, 0.1) is 0 Å². The number of carbonyl (C=O) groups excluding carboxylic acids is 1. The van der Waals surface area contributed by atoms with Crippen LogP contribution in [0.25, 0.3) is 5.57 Å². The molecule has 1 saturated heterocycles. The number of rotatable bonds is 0. The smallest absolute Gasteiger partial charge is 0.410 e. The van der Waals surface area contributed by atoms with Crippen molar-refractivity contribution in [2.45, 2.75) is 51.2 Å². The maximum absolute atomic E-state index is 12.2. The Morgan fingerprint density at radius 3 is 2.57 bits per heavy atom. The highest BCUT2D eigenvalue weighted by Gasteiger charge is 2.42. The topological polar surface area (TPSA) is 38.8 Å². The second-order valence-corrected chi connectivity index (χ2v) is 7.53. The van der Waals surface area contributed by atoms with Gasteiger partial charge in [-0.1, -0.05) is 24.8 Å². The van der Waals surface area contributed by atoms with E-state index in [1.54, 1.807) is 4.90 Å². The zero-order valence-electron chi connectivity index (χ0n) is 14.2. The quantitative estimate of drug-likeness (QED) is 0.718. The van der Waals surface area contributed by atoms with E-state index in [2.05, 4.69) is 12.6 Å². The van der Waals surface area contributed by atoms with Gasteiger partial charge in [-0.25, -0.2) is 4.79 Å². The predicted octanol–water partition coefficient (Wildman–Crippen LogP) is 4.25. The third-order valence-corrected chi connectivity index (χ3v) is 4.46. The predicted molar refractivity (Wildman–Crippen MR) is 90.5 cm³/mol. The van der Waals surface area contributed by atoms with E-state index in [1.807, 2.05) is 39.0 Å². The molecule has 4 heteroatoms. The van der Waals surface area contributed by atoms with Gasteiger partial charge in [-0.15, -0.1) is 0 Å². The molecule has 3 rings (SSSR count). The Hall–Kier alpha value is -1.97. The molecule has 2 heterocycles. The molecule has 124 valence electrons. The molecule has 23 heavy (non-hydrogen) atoms. The molecular weight excluding hydrogens is 290 g/mol. The number of hydrogen-bond donors (Lipinski definition) is 0. The minimum atomic E-state index is -0.458. The van der Waals surface area contributed by atoms with Crippen LogP contribution in [-0.2, 0) is 4.74 Å². The van der Waals surface area contributed by atoms with Crippen LogP contribution in [0.15, 0.2) is 30.8 Å². The number of benzene rings is 1. The molecule has 1 aromatic carbocycles. The monoisotopic (exact) mass is 315 g/mol. The van der Waals surface area contributed by atoms with Gasteiger partial charge in [0, 0.05) is 37.9 Å². The Morgan fingerprint density at radius 2 is 1.91 bits per heavy atom.